The van der Waals surface area contributed by atoms with Crippen molar-refractivity contribution in [1.82, 2.24) is 20.1 Å². The maximum absolute atomic E-state index is 12.8. The van der Waals surface area contributed by atoms with Crippen molar-refractivity contribution in [1.29, 1.82) is 0 Å². The van der Waals surface area contributed by atoms with Crippen molar-refractivity contribution in [3.05, 3.63) is 45.0 Å². The molecule has 7 nitrogen and oxygen atoms in total. The molecular weight excluding hydrogens is 432 g/mol. The number of hydrogen-bond donors (Lipinski definition) is 2. The highest BCUT2D eigenvalue weighted by Gasteiger charge is 2.22. The van der Waals surface area contributed by atoms with Crippen molar-refractivity contribution in [3.63, 3.8) is 0 Å². The molecule has 10 heteroatoms. The number of aromatic amines is 1. The van der Waals surface area contributed by atoms with Crippen molar-refractivity contribution in [3.8, 4) is 22.2 Å². The van der Waals surface area contributed by atoms with Crippen LogP contribution in [0.25, 0.3) is 10.7 Å². The second-order valence-corrected chi connectivity index (χ2v) is 8.29. The summed E-state index contributed by atoms with van der Waals surface area (Å²) in [6.45, 7) is 3.23. The first kappa shape index (κ1) is 19.9. The molecule has 152 valence electrons. The Labute approximate surface area is 181 Å². The Morgan fingerprint density at radius 3 is 3.07 bits per heavy atom. The lowest BCUT2D eigenvalue weighted by molar-refractivity contribution is -0.124. The normalized spacial score (nSPS) is 14.3. The minimum absolute atomic E-state index is 0.177. The lowest BCUT2D eigenvalue weighted by atomic mass is 10.2. The molecule has 0 saturated carbocycles. The van der Waals surface area contributed by atoms with E-state index >= 15 is 0 Å². The second kappa shape index (κ2) is 8.56. The number of thiophene rings is 1. The van der Waals surface area contributed by atoms with Crippen LogP contribution >= 0.6 is 35.2 Å². The predicted octanol–water partition coefficient (Wildman–Crippen LogP) is 4.36. The third kappa shape index (κ3) is 4.17. The Morgan fingerprint density at radius 1 is 1.45 bits per heavy atom. The van der Waals surface area contributed by atoms with E-state index in [0.29, 0.717) is 46.9 Å². The molecule has 1 aromatic carbocycles. The van der Waals surface area contributed by atoms with E-state index in [0.717, 1.165) is 16.9 Å². The quantitative estimate of drug-likeness (QED) is 0.564. The summed E-state index contributed by atoms with van der Waals surface area (Å²) in [5.41, 5.74) is 0.828. The number of carbonyl (C=O) groups is 1. The summed E-state index contributed by atoms with van der Waals surface area (Å²) in [5.74, 6) is 1.62. The number of H-pyrrole nitrogens is 1. The van der Waals surface area contributed by atoms with Gasteiger partial charge in [0.25, 0.3) is 0 Å². The molecule has 1 aliphatic heterocycles. The molecule has 0 radical (unpaired) electrons. The van der Waals surface area contributed by atoms with Gasteiger partial charge in [-0.1, -0.05) is 17.7 Å². The van der Waals surface area contributed by atoms with Gasteiger partial charge in [0.1, 0.15) is 6.04 Å². The van der Waals surface area contributed by atoms with Gasteiger partial charge in [-0.25, -0.2) is 0 Å². The summed E-state index contributed by atoms with van der Waals surface area (Å²) >= 11 is 13.2. The number of rotatable bonds is 5. The van der Waals surface area contributed by atoms with E-state index in [4.69, 9.17) is 33.3 Å². The molecule has 0 aliphatic carbocycles. The molecular formula is C19H19ClN4O3S2. The SMILES string of the molecule is CC(C(=O)NCc1cc(Cl)c2c(c1)OCCCO2)n1c(-c2cccs2)n[nH]c1=S. The van der Waals surface area contributed by atoms with Crippen molar-refractivity contribution in [2.24, 2.45) is 0 Å². The number of benzene rings is 1. The molecule has 4 rings (SSSR count). The number of carbonyl (C=O) groups excluding carboxylic acids is 1. The van der Waals surface area contributed by atoms with E-state index < -0.39 is 6.04 Å². The first-order valence-corrected chi connectivity index (χ1v) is 10.8. The summed E-state index contributed by atoms with van der Waals surface area (Å²) in [5, 5.41) is 12.4. The van der Waals surface area contributed by atoms with Crippen molar-refractivity contribution in [2.45, 2.75) is 25.9 Å². The molecule has 0 saturated heterocycles. The van der Waals surface area contributed by atoms with E-state index in [2.05, 4.69) is 15.5 Å². The molecule has 1 aliphatic rings. The summed E-state index contributed by atoms with van der Waals surface area (Å²) in [6.07, 6.45) is 0.798. The smallest absolute Gasteiger partial charge is 0.243 e. The summed E-state index contributed by atoms with van der Waals surface area (Å²) in [7, 11) is 0. The number of fused-ring (bicyclic) bond motifs is 1. The molecule has 29 heavy (non-hydrogen) atoms. The predicted molar refractivity (Wildman–Crippen MR) is 114 cm³/mol. The van der Waals surface area contributed by atoms with E-state index in [1.807, 2.05) is 23.6 Å². The van der Waals surface area contributed by atoms with Gasteiger partial charge >= 0.3 is 0 Å². The van der Waals surface area contributed by atoms with Crippen LogP contribution in [0, 0.1) is 4.77 Å². The standard InChI is InChI=1S/C19H19ClN4O3S2/c1-11(24-17(22-23-19(24)28)15-4-2-7-29-15)18(25)21-10-12-8-13(20)16-14(9-12)26-5-3-6-27-16/h2,4,7-9,11H,3,5-6,10H2,1H3,(H,21,25)(H,23,28). The Balaban J connectivity index is 1.50. The Hall–Kier alpha value is -2.36. The first-order chi connectivity index (χ1) is 14.0. The van der Waals surface area contributed by atoms with Crippen LogP contribution in [0.3, 0.4) is 0 Å². The highest BCUT2D eigenvalue weighted by Crippen LogP contribution is 2.38. The Bertz CT molecular complexity index is 1080. The maximum atomic E-state index is 12.8. The van der Waals surface area contributed by atoms with Crippen molar-refractivity contribution in [2.75, 3.05) is 13.2 Å². The fraction of sp³-hybridized carbons (Fsp3) is 0.316. The van der Waals surface area contributed by atoms with Gasteiger partial charge in [0.2, 0.25) is 5.91 Å². The van der Waals surface area contributed by atoms with Crippen LogP contribution < -0.4 is 14.8 Å². The number of nitrogens with zero attached hydrogens (tertiary/aromatic N) is 2. The molecule has 2 aromatic heterocycles. The van der Waals surface area contributed by atoms with E-state index in [1.54, 1.807) is 17.6 Å². The fourth-order valence-corrected chi connectivity index (χ4v) is 4.37. The molecule has 2 N–H and O–H groups in total. The summed E-state index contributed by atoms with van der Waals surface area (Å²) in [4.78, 5) is 13.7. The average Bonchev–Trinajstić information content (AvgIpc) is 3.30. The van der Waals surface area contributed by atoms with Gasteiger partial charge in [-0.05, 0) is 48.3 Å². The third-order valence-electron chi connectivity index (χ3n) is 4.54. The lowest BCUT2D eigenvalue weighted by Crippen LogP contribution is -2.31. The van der Waals surface area contributed by atoms with Crippen LogP contribution in [0.2, 0.25) is 5.02 Å². The molecule has 3 aromatic rings. The number of amides is 1. The van der Waals surface area contributed by atoms with Gasteiger partial charge in [0, 0.05) is 13.0 Å². The Morgan fingerprint density at radius 2 is 2.28 bits per heavy atom. The zero-order valence-electron chi connectivity index (χ0n) is 15.6. The zero-order chi connectivity index (χ0) is 20.4. The molecule has 0 bridgehead atoms. The van der Waals surface area contributed by atoms with Crippen molar-refractivity contribution >= 4 is 41.1 Å². The first-order valence-electron chi connectivity index (χ1n) is 9.11. The van der Waals surface area contributed by atoms with Gasteiger partial charge in [0.15, 0.2) is 22.1 Å². The van der Waals surface area contributed by atoms with Gasteiger partial charge in [0.05, 0.1) is 23.1 Å². The number of ether oxygens (including phenoxy) is 2. The highest BCUT2D eigenvalue weighted by atomic mass is 35.5. The highest BCUT2D eigenvalue weighted by molar-refractivity contribution is 7.71. The molecule has 1 amide bonds. The lowest BCUT2D eigenvalue weighted by Gasteiger charge is -2.16. The minimum Gasteiger partial charge on any atom is -0.489 e. The number of aromatic nitrogens is 3. The monoisotopic (exact) mass is 450 g/mol. The molecule has 1 unspecified atom stereocenters. The maximum Gasteiger partial charge on any atom is 0.243 e. The molecule has 0 spiro atoms. The Kier molecular flexibility index (Phi) is 5.89. The molecule has 0 fully saturated rings. The number of halogens is 1. The van der Waals surface area contributed by atoms with Gasteiger partial charge in [-0.15, -0.1) is 11.3 Å². The van der Waals surface area contributed by atoms with Crippen LogP contribution in [0.15, 0.2) is 29.6 Å². The van der Waals surface area contributed by atoms with E-state index in [1.165, 1.54) is 11.3 Å². The summed E-state index contributed by atoms with van der Waals surface area (Å²) in [6, 6.07) is 6.96. The number of hydrogen-bond acceptors (Lipinski definition) is 6. The van der Waals surface area contributed by atoms with Crippen LogP contribution in [-0.4, -0.2) is 33.9 Å². The second-order valence-electron chi connectivity index (χ2n) is 6.55. The van der Waals surface area contributed by atoms with Crippen LogP contribution in [0.4, 0.5) is 0 Å². The molecule has 1 atom stereocenters. The van der Waals surface area contributed by atoms with Crippen LogP contribution in [0.1, 0.15) is 24.9 Å². The third-order valence-corrected chi connectivity index (χ3v) is 5.98. The topological polar surface area (TPSA) is 81.2 Å². The van der Waals surface area contributed by atoms with Gasteiger partial charge < -0.3 is 14.8 Å². The van der Waals surface area contributed by atoms with Crippen molar-refractivity contribution < 1.29 is 14.3 Å². The van der Waals surface area contributed by atoms with E-state index in [-0.39, 0.29) is 5.91 Å². The molecule has 3 heterocycles. The average molecular weight is 451 g/mol. The minimum atomic E-state index is -0.533. The van der Waals surface area contributed by atoms with E-state index in [9.17, 15) is 4.79 Å². The largest absolute Gasteiger partial charge is 0.489 e. The zero-order valence-corrected chi connectivity index (χ0v) is 18.0. The summed E-state index contributed by atoms with van der Waals surface area (Å²) < 4.78 is 13.5. The fourth-order valence-electron chi connectivity index (χ4n) is 3.08. The van der Waals surface area contributed by atoms with Gasteiger partial charge in [-0.2, -0.15) is 5.10 Å². The number of nitrogens with one attached hydrogen (secondary N) is 2. The van der Waals surface area contributed by atoms with Crippen LogP contribution in [-0.2, 0) is 11.3 Å². The van der Waals surface area contributed by atoms with Crippen LogP contribution in [0.5, 0.6) is 11.5 Å². The van der Waals surface area contributed by atoms with Gasteiger partial charge in [-0.3, -0.25) is 14.5 Å².